The van der Waals surface area contributed by atoms with Gasteiger partial charge in [-0.05, 0) is 57.1 Å². The SMILES string of the molecule is CC[C@@H]1CC(NC(=O)c2cc(C3CC3)on2)C[C@H](CC)N1S(=O)(=O)CCCN1C(=O)c2ccccc2C1=O. The summed E-state index contributed by atoms with van der Waals surface area (Å²) in [5, 5.41) is 6.96. The van der Waals surface area contributed by atoms with Gasteiger partial charge in [0.2, 0.25) is 10.0 Å². The van der Waals surface area contributed by atoms with Gasteiger partial charge < -0.3 is 9.84 Å². The molecule has 1 N–H and O–H groups in total. The van der Waals surface area contributed by atoms with Crippen LogP contribution in [0.25, 0.3) is 0 Å². The maximum absolute atomic E-state index is 13.5. The number of benzene rings is 1. The largest absolute Gasteiger partial charge is 0.360 e. The lowest BCUT2D eigenvalue weighted by Gasteiger charge is -2.44. The summed E-state index contributed by atoms with van der Waals surface area (Å²) in [5.74, 6) is -0.110. The number of nitrogens with zero attached hydrogens (tertiary/aromatic N) is 3. The summed E-state index contributed by atoms with van der Waals surface area (Å²) >= 11 is 0. The van der Waals surface area contributed by atoms with E-state index in [4.69, 9.17) is 4.52 Å². The second-order valence-electron chi connectivity index (χ2n) is 10.5. The Morgan fingerprint density at radius 2 is 1.66 bits per heavy atom. The van der Waals surface area contributed by atoms with E-state index < -0.39 is 10.0 Å². The molecule has 1 saturated heterocycles. The minimum Gasteiger partial charge on any atom is -0.360 e. The average molecular weight is 543 g/mol. The predicted molar refractivity (Wildman–Crippen MR) is 139 cm³/mol. The molecule has 3 heterocycles. The van der Waals surface area contributed by atoms with Crippen LogP contribution in [-0.4, -0.2) is 70.9 Å². The molecule has 10 nitrogen and oxygen atoms in total. The van der Waals surface area contributed by atoms with Crippen molar-refractivity contribution in [1.29, 1.82) is 0 Å². The van der Waals surface area contributed by atoms with Crippen molar-refractivity contribution in [2.24, 2.45) is 0 Å². The standard InChI is InChI=1S/C27H34N4O6S/c1-3-19-14-18(28-25(32)23-16-24(37-29-23)17-10-11-17)15-20(4-2)31(19)38(35,36)13-7-12-30-26(33)21-8-5-6-9-22(21)27(30)34/h5-6,8-9,16-20H,3-4,7,10-15H2,1-2H3,(H,28,32)/t18?,19-,20+. The average Bonchev–Trinajstić information content (AvgIpc) is 3.59. The van der Waals surface area contributed by atoms with Crippen LogP contribution in [0.4, 0.5) is 0 Å². The number of piperidine rings is 1. The van der Waals surface area contributed by atoms with Crippen molar-refractivity contribution in [3.05, 3.63) is 52.9 Å². The summed E-state index contributed by atoms with van der Waals surface area (Å²) in [6, 6.07) is 7.64. The zero-order chi connectivity index (χ0) is 27.0. The number of carbonyl (C=O) groups excluding carboxylic acids is 3. The lowest BCUT2D eigenvalue weighted by atomic mass is 9.91. The van der Waals surface area contributed by atoms with E-state index in [0.29, 0.717) is 42.7 Å². The van der Waals surface area contributed by atoms with Crippen LogP contribution in [0.2, 0.25) is 0 Å². The molecule has 0 radical (unpaired) electrons. The minimum atomic E-state index is -3.66. The highest BCUT2D eigenvalue weighted by Crippen LogP contribution is 2.40. The Morgan fingerprint density at radius 3 is 2.21 bits per heavy atom. The Kier molecular flexibility index (Phi) is 7.41. The summed E-state index contributed by atoms with van der Waals surface area (Å²) < 4.78 is 34.0. The Bertz CT molecular complexity index is 1290. The quantitative estimate of drug-likeness (QED) is 0.456. The normalized spacial score (nSPS) is 24.1. The molecule has 1 aromatic carbocycles. The highest BCUT2D eigenvalue weighted by Gasteiger charge is 2.42. The lowest BCUT2D eigenvalue weighted by molar-refractivity contribution is 0.0652. The maximum atomic E-state index is 13.5. The van der Waals surface area contributed by atoms with Crippen LogP contribution >= 0.6 is 0 Å². The molecule has 1 aliphatic carbocycles. The molecule has 2 fully saturated rings. The molecule has 2 aromatic rings. The first-order chi connectivity index (χ1) is 18.2. The molecule has 1 saturated carbocycles. The highest BCUT2D eigenvalue weighted by molar-refractivity contribution is 7.89. The molecule has 3 amide bonds. The number of fused-ring (bicyclic) bond motifs is 1. The zero-order valence-corrected chi connectivity index (χ0v) is 22.6. The second kappa shape index (κ2) is 10.6. The van der Waals surface area contributed by atoms with Gasteiger partial charge in [-0.15, -0.1) is 0 Å². The Labute approximate surface area is 222 Å². The van der Waals surface area contributed by atoms with Gasteiger partial charge in [-0.25, -0.2) is 8.42 Å². The van der Waals surface area contributed by atoms with E-state index in [1.54, 1.807) is 34.6 Å². The van der Waals surface area contributed by atoms with Crippen LogP contribution in [0.3, 0.4) is 0 Å². The van der Waals surface area contributed by atoms with Crippen molar-refractivity contribution >= 4 is 27.7 Å². The molecule has 204 valence electrons. The molecule has 11 heteroatoms. The number of sulfonamides is 1. The first-order valence-electron chi connectivity index (χ1n) is 13.5. The van der Waals surface area contributed by atoms with E-state index in [1.807, 2.05) is 13.8 Å². The van der Waals surface area contributed by atoms with E-state index in [-0.39, 0.29) is 60.3 Å². The number of carbonyl (C=O) groups is 3. The third-order valence-electron chi connectivity index (χ3n) is 7.83. The van der Waals surface area contributed by atoms with Crippen molar-refractivity contribution in [2.75, 3.05) is 12.3 Å². The fourth-order valence-electron chi connectivity index (χ4n) is 5.69. The molecule has 38 heavy (non-hydrogen) atoms. The van der Waals surface area contributed by atoms with Crippen molar-refractivity contribution in [3.8, 4) is 0 Å². The lowest BCUT2D eigenvalue weighted by Crippen LogP contribution is -2.57. The molecule has 1 unspecified atom stereocenters. The maximum Gasteiger partial charge on any atom is 0.273 e. The van der Waals surface area contributed by atoms with Gasteiger partial charge in [0.1, 0.15) is 5.76 Å². The molecule has 3 aliphatic rings. The van der Waals surface area contributed by atoms with Crippen LogP contribution in [0, 0.1) is 0 Å². The number of hydrogen-bond acceptors (Lipinski definition) is 7. The van der Waals surface area contributed by atoms with Gasteiger partial charge in [-0.1, -0.05) is 31.1 Å². The topological polar surface area (TPSA) is 130 Å². The second-order valence-corrected chi connectivity index (χ2v) is 12.5. The van der Waals surface area contributed by atoms with Gasteiger partial charge >= 0.3 is 0 Å². The fourth-order valence-corrected chi connectivity index (χ4v) is 7.78. The van der Waals surface area contributed by atoms with Crippen molar-refractivity contribution in [3.63, 3.8) is 0 Å². The number of hydrogen-bond donors (Lipinski definition) is 1. The molecule has 5 rings (SSSR count). The first kappa shape index (κ1) is 26.6. The molecular formula is C27H34N4O6S. The highest BCUT2D eigenvalue weighted by atomic mass is 32.2. The number of aromatic nitrogens is 1. The summed E-state index contributed by atoms with van der Waals surface area (Å²) in [6.45, 7) is 3.94. The van der Waals surface area contributed by atoms with Gasteiger partial charge in [0.25, 0.3) is 17.7 Å². The number of imide groups is 1. The first-order valence-corrected chi connectivity index (χ1v) is 15.1. The van der Waals surface area contributed by atoms with E-state index in [1.165, 1.54) is 0 Å². The molecule has 0 bridgehead atoms. The van der Waals surface area contributed by atoms with Gasteiger partial charge in [-0.3, -0.25) is 19.3 Å². The van der Waals surface area contributed by atoms with Crippen LogP contribution < -0.4 is 5.32 Å². The van der Waals surface area contributed by atoms with Crippen LogP contribution in [0.1, 0.15) is 102 Å². The van der Waals surface area contributed by atoms with Gasteiger partial charge in [0.15, 0.2) is 5.69 Å². The summed E-state index contributed by atoms with van der Waals surface area (Å²) in [6.07, 6.45) is 4.49. The van der Waals surface area contributed by atoms with E-state index in [9.17, 15) is 22.8 Å². The van der Waals surface area contributed by atoms with Gasteiger partial charge in [0, 0.05) is 36.7 Å². The third kappa shape index (κ3) is 5.13. The van der Waals surface area contributed by atoms with Gasteiger partial charge in [-0.2, -0.15) is 4.31 Å². The molecule has 1 aromatic heterocycles. The van der Waals surface area contributed by atoms with Crippen molar-refractivity contribution < 1.29 is 27.3 Å². The van der Waals surface area contributed by atoms with Crippen LogP contribution in [-0.2, 0) is 10.0 Å². The smallest absolute Gasteiger partial charge is 0.273 e. The van der Waals surface area contributed by atoms with E-state index in [2.05, 4.69) is 10.5 Å². The van der Waals surface area contributed by atoms with Crippen LogP contribution in [0.15, 0.2) is 34.9 Å². The third-order valence-corrected chi connectivity index (χ3v) is 9.88. The number of nitrogens with one attached hydrogen (secondary N) is 1. The summed E-state index contributed by atoms with van der Waals surface area (Å²) in [5.41, 5.74) is 0.975. The monoisotopic (exact) mass is 542 g/mol. The number of rotatable bonds is 10. The molecule has 2 aliphatic heterocycles. The van der Waals surface area contributed by atoms with Gasteiger partial charge in [0.05, 0.1) is 16.9 Å². The molecule has 0 spiro atoms. The van der Waals surface area contributed by atoms with E-state index >= 15 is 0 Å². The Morgan fingerprint density at radius 1 is 1.05 bits per heavy atom. The van der Waals surface area contributed by atoms with Crippen molar-refractivity contribution in [2.45, 2.75) is 82.8 Å². The summed E-state index contributed by atoms with van der Waals surface area (Å²) in [7, 11) is -3.66. The fraction of sp³-hybridized carbons (Fsp3) is 0.556. The molecule has 3 atom stereocenters. The number of amides is 3. The predicted octanol–water partition coefficient (Wildman–Crippen LogP) is 3.32. The van der Waals surface area contributed by atoms with Crippen LogP contribution in [0.5, 0.6) is 0 Å². The Hall–Kier alpha value is -3.05. The van der Waals surface area contributed by atoms with Crippen molar-refractivity contribution in [1.82, 2.24) is 19.7 Å². The summed E-state index contributed by atoms with van der Waals surface area (Å²) in [4.78, 5) is 39.2. The van der Waals surface area contributed by atoms with E-state index in [0.717, 1.165) is 23.5 Å². The zero-order valence-electron chi connectivity index (χ0n) is 21.8. The minimum absolute atomic E-state index is 0.0478. The molecular weight excluding hydrogens is 508 g/mol. The Balaban J connectivity index is 1.20.